The van der Waals surface area contributed by atoms with Crippen molar-refractivity contribution < 1.29 is 9.53 Å². The molecule has 0 aliphatic heterocycles. The Hall–Kier alpha value is -2.49. The lowest BCUT2D eigenvalue weighted by atomic mass is 9.93. The molecule has 3 nitrogen and oxygen atoms in total. The van der Waals surface area contributed by atoms with Crippen LogP contribution in [0.25, 0.3) is 0 Å². The summed E-state index contributed by atoms with van der Waals surface area (Å²) in [7, 11) is 0. The second kappa shape index (κ2) is 7.63. The number of anilines is 1. The zero-order valence-corrected chi connectivity index (χ0v) is 15.9. The minimum atomic E-state index is -0.577. The fraction of sp³-hybridized carbons (Fsp3) is 0.136. The SMILES string of the molecule is O=C(Nc1ccc(Cl)c(Cl)c1)Oc1ccc(C2CCc3ccccc32)cc1. The molecule has 1 unspecified atom stereocenters. The number of halogens is 2. The number of ether oxygens (including phenoxy) is 1. The smallest absolute Gasteiger partial charge is 0.410 e. The number of hydrogen-bond donors (Lipinski definition) is 1. The largest absolute Gasteiger partial charge is 0.417 e. The predicted molar refractivity (Wildman–Crippen MR) is 109 cm³/mol. The van der Waals surface area contributed by atoms with Crippen molar-refractivity contribution in [1.82, 2.24) is 0 Å². The Morgan fingerprint density at radius 3 is 2.52 bits per heavy atom. The van der Waals surface area contributed by atoms with Crippen molar-refractivity contribution in [3.8, 4) is 5.75 Å². The number of aryl methyl sites for hydroxylation is 1. The van der Waals surface area contributed by atoms with Crippen molar-refractivity contribution in [1.29, 1.82) is 0 Å². The molecule has 27 heavy (non-hydrogen) atoms. The molecule has 136 valence electrons. The maximum Gasteiger partial charge on any atom is 0.417 e. The van der Waals surface area contributed by atoms with Crippen molar-refractivity contribution >= 4 is 35.0 Å². The quantitative estimate of drug-likeness (QED) is 0.534. The highest BCUT2D eigenvalue weighted by Gasteiger charge is 2.23. The first-order valence-corrected chi connectivity index (χ1v) is 9.47. The molecule has 3 aromatic rings. The van der Waals surface area contributed by atoms with Crippen LogP contribution in [0.2, 0.25) is 10.0 Å². The Morgan fingerprint density at radius 1 is 0.963 bits per heavy atom. The monoisotopic (exact) mass is 397 g/mol. The Labute approximate surface area is 167 Å². The molecule has 1 amide bonds. The zero-order valence-electron chi connectivity index (χ0n) is 14.4. The van der Waals surface area contributed by atoms with Crippen molar-refractivity contribution in [2.75, 3.05) is 5.32 Å². The number of nitrogens with one attached hydrogen (secondary N) is 1. The minimum absolute atomic E-state index is 0.371. The summed E-state index contributed by atoms with van der Waals surface area (Å²) in [5, 5.41) is 3.44. The van der Waals surface area contributed by atoms with Gasteiger partial charge in [0.25, 0.3) is 0 Å². The first-order valence-electron chi connectivity index (χ1n) is 8.72. The third-order valence-electron chi connectivity index (χ3n) is 4.79. The van der Waals surface area contributed by atoms with E-state index in [1.807, 2.05) is 24.3 Å². The Kier molecular flexibility index (Phi) is 5.06. The van der Waals surface area contributed by atoms with Gasteiger partial charge in [-0.2, -0.15) is 0 Å². The van der Waals surface area contributed by atoms with E-state index in [1.54, 1.807) is 18.2 Å². The van der Waals surface area contributed by atoms with Crippen LogP contribution in [0.1, 0.15) is 29.0 Å². The molecule has 5 heteroatoms. The van der Waals surface area contributed by atoms with Gasteiger partial charge in [0.1, 0.15) is 5.75 Å². The maximum absolute atomic E-state index is 12.1. The second-order valence-electron chi connectivity index (χ2n) is 6.50. The summed E-state index contributed by atoms with van der Waals surface area (Å²) in [5.74, 6) is 0.892. The van der Waals surface area contributed by atoms with Crippen LogP contribution in [0.15, 0.2) is 66.7 Å². The van der Waals surface area contributed by atoms with Gasteiger partial charge >= 0.3 is 6.09 Å². The minimum Gasteiger partial charge on any atom is -0.410 e. The summed E-state index contributed by atoms with van der Waals surface area (Å²) in [6.45, 7) is 0. The van der Waals surface area contributed by atoms with E-state index in [4.69, 9.17) is 27.9 Å². The fourth-order valence-corrected chi connectivity index (χ4v) is 3.79. The van der Waals surface area contributed by atoms with Gasteiger partial charge in [0.2, 0.25) is 0 Å². The van der Waals surface area contributed by atoms with E-state index in [-0.39, 0.29) is 0 Å². The molecule has 0 radical (unpaired) electrons. The highest BCUT2D eigenvalue weighted by Crippen LogP contribution is 2.38. The average Bonchev–Trinajstić information content (AvgIpc) is 3.09. The van der Waals surface area contributed by atoms with E-state index in [0.717, 1.165) is 12.8 Å². The summed E-state index contributed by atoms with van der Waals surface area (Å²) < 4.78 is 5.35. The van der Waals surface area contributed by atoms with Gasteiger partial charge in [-0.15, -0.1) is 0 Å². The maximum atomic E-state index is 12.1. The number of fused-ring (bicyclic) bond motifs is 1. The molecule has 0 saturated heterocycles. The first-order chi connectivity index (χ1) is 13.1. The zero-order chi connectivity index (χ0) is 18.8. The molecule has 0 heterocycles. The van der Waals surface area contributed by atoms with Crippen molar-refractivity contribution in [3.05, 3.63) is 93.5 Å². The van der Waals surface area contributed by atoms with Gasteiger partial charge < -0.3 is 4.74 Å². The molecule has 1 aliphatic carbocycles. The lowest BCUT2D eigenvalue weighted by Crippen LogP contribution is -2.16. The van der Waals surface area contributed by atoms with Crippen LogP contribution in [-0.4, -0.2) is 6.09 Å². The van der Waals surface area contributed by atoms with Crippen LogP contribution >= 0.6 is 23.2 Å². The van der Waals surface area contributed by atoms with E-state index < -0.39 is 6.09 Å². The van der Waals surface area contributed by atoms with Gasteiger partial charge in [-0.3, -0.25) is 5.32 Å². The molecular weight excluding hydrogens is 381 g/mol. The average molecular weight is 398 g/mol. The Balaban J connectivity index is 1.42. The highest BCUT2D eigenvalue weighted by atomic mass is 35.5. The normalized spacial score (nSPS) is 15.3. The molecule has 1 N–H and O–H groups in total. The number of carbonyl (C=O) groups excluding carboxylic acids is 1. The van der Waals surface area contributed by atoms with Crippen molar-refractivity contribution in [2.24, 2.45) is 0 Å². The molecular formula is C22H17Cl2NO2. The van der Waals surface area contributed by atoms with Crippen LogP contribution in [0, 0.1) is 0 Å². The van der Waals surface area contributed by atoms with Crippen LogP contribution in [0.4, 0.5) is 10.5 Å². The molecule has 0 fully saturated rings. The number of rotatable bonds is 3. The molecule has 0 bridgehead atoms. The molecule has 3 aromatic carbocycles. The second-order valence-corrected chi connectivity index (χ2v) is 7.32. The standard InChI is InChI=1S/C22H17Cl2NO2/c23-20-12-8-16(13-21(20)24)25-22(26)27-17-9-5-15(6-10-17)19-11-7-14-3-1-2-4-18(14)19/h1-6,8-10,12-13,19H,7,11H2,(H,25,26). The molecule has 0 aromatic heterocycles. The lowest BCUT2D eigenvalue weighted by Gasteiger charge is -2.13. The molecule has 1 aliphatic rings. The molecule has 1 atom stereocenters. The van der Waals surface area contributed by atoms with Gasteiger partial charge in [0, 0.05) is 11.6 Å². The van der Waals surface area contributed by atoms with E-state index in [0.29, 0.717) is 27.4 Å². The molecule has 0 spiro atoms. The third kappa shape index (κ3) is 3.95. The third-order valence-corrected chi connectivity index (χ3v) is 5.53. The van der Waals surface area contributed by atoms with Gasteiger partial charge in [-0.05, 0) is 59.9 Å². The summed E-state index contributed by atoms with van der Waals surface area (Å²) >= 11 is 11.8. The van der Waals surface area contributed by atoms with Crippen LogP contribution in [0.3, 0.4) is 0 Å². The van der Waals surface area contributed by atoms with E-state index >= 15 is 0 Å². The summed E-state index contributed by atoms with van der Waals surface area (Å²) in [5.41, 5.74) is 4.57. The first kappa shape index (κ1) is 17.9. The van der Waals surface area contributed by atoms with Crippen molar-refractivity contribution in [2.45, 2.75) is 18.8 Å². The van der Waals surface area contributed by atoms with Crippen LogP contribution in [-0.2, 0) is 6.42 Å². The number of benzene rings is 3. The fourth-order valence-electron chi connectivity index (χ4n) is 3.50. The summed E-state index contributed by atoms with van der Waals surface area (Å²) in [6, 6.07) is 21.1. The van der Waals surface area contributed by atoms with Gasteiger partial charge in [-0.25, -0.2) is 4.79 Å². The Bertz CT molecular complexity index is 986. The topological polar surface area (TPSA) is 38.3 Å². The number of carbonyl (C=O) groups is 1. The highest BCUT2D eigenvalue weighted by molar-refractivity contribution is 6.42. The number of amides is 1. The van der Waals surface area contributed by atoms with Crippen molar-refractivity contribution in [3.63, 3.8) is 0 Å². The summed E-state index contributed by atoms with van der Waals surface area (Å²) in [4.78, 5) is 12.1. The summed E-state index contributed by atoms with van der Waals surface area (Å²) in [6.07, 6.45) is 1.63. The molecule has 4 rings (SSSR count). The van der Waals surface area contributed by atoms with Gasteiger partial charge in [0.15, 0.2) is 0 Å². The number of hydrogen-bond acceptors (Lipinski definition) is 2. The van der Waals surface area contributed by atoms with E-state index in [9.17, 15) is 4.79 Å². The van der Waals surface area contributed by atoms with E-state index in [2.05, 4.69) is 29.6 Å². The molecule has 0 saturated carbocycles. The van der Waals surface area contributed by atoms with E-state index in [1.165, 1.54) is 16.7 Å². The predicted octanol–water partition coefficient (Wildman–Crippen LogP) is 6.68. The van der Waals surface area contributed by atoms with Crippen LogP contribution in [0.5, 0.6) is 5.75 Å². The van der Waals surface area contributed by atoms with Gasteiger partial charge in [0.05, 0.1) is 10.0 Å². The van der Waals surface area contributed by atoms with Gasteiger partial charge in [-0.1, -0.05) is 59.6 Å². The van der Waals surface area contributed by atoms with Crippen LogP contribution < -0.4 is 10.1 Å². The Morgan fingerprint density at radius 2 is 1.74 bits per heavy atom. The lowest BCUT2D eigenvalue weighted by molar-refractivity contribution is 0.215.